The van der Waals surface area contributed by atoms with E-state index in [1.54, 1.807) is 20.1 Å². The fourth-order valence-electron chi connectivity index (χ4n) is 7.73. The summed E-state index contributed by atoms with van der Waals surface area (Å²) in [5, 5.41) is 25.4. The maximum atomic E-state index is 12.8. The topological polar surface area (TPSA) is 143 Å². The zero-order valence-electron chi connectivity index (χ0n) is 25.3. The molecule has 4 N–H and O–H groups in total. The number of benzene rings is 2. The number of nitriles is 1. The highest BCUT2D eigenvalue weighted by molar-refractivity contribution is 5.81. The number of nitrogens with two attached hydrogens (primary N) is 1. The predicted molar refractivity (Wildman–Crippen MR) is 159 cm³/mol. The van der Waals surface area contributed by atoms with Crippen molar-refractivity contribution in [2.75, 3.05) is 34.1 Å². The van der Waals surface area contributed by atoms with Gasteiger partial charge in [-0.25, -0.2) is 0 Å². The summed E-state index contributed by atoms with van der Waals surface area (Å²) < 4.78 is 24.0. The van der Waals surface area contributed by atoms with Gasteiger partial charge >= 0.3 is 0 Å². The first-order valence-electron chi connectivity index (χ1n) is 14.6. The van der Waals surface area contributed by atoms with E-state index in [9.17, 15) is 15.2 Å². The van der Waals surface area contributed by atoms with Gasteiger partial charge in [0.25, 0.3) is 0 Å². The molecule has 1 fully saturated rings. The van der Waals surface area contributed by atoms with Crippen molar-refractivity contribution < 1.29 is 28.8 Å². The third-order valence-electron chi connectivity index (χ3n) is 9.49. The standard InChI is InChI=1S/C32H39N5O6/c1-7-8-41-29-16(3)30-31(43-14-42-30)25-19(29)11-21-26-24-18(9-15(2)28(40-6)27(24)38)10-20(36(26)5)22(12-33)37(21)23(25)13-35-32(39)17(4)34/h7,9,17,20-23,26,38H,1,8,10-11,13-14,34H2,2-6H3,(H,35,39)/t17-,20+,21?,22-,23-,26+/m0/s1. The van der Waals surface area contributed by atoms with Crippen LogP contribution in [0.4, 0.5) is 0 Å². The molecule has 2 aromatic rings. The molecule has 0 radical (unpaired) electrons. The number of nitrogens with zero attached hydrogens (tertiary/aromatic N) is 3. The third kappa shape index (κ3) is 4.31. The highest BCUT2D eigenvalue weighted by Gasteiger charge is 2.56. The van der Waals surface area contributed by atoms with Crippen LogP contribution in [0.3, 0.4) is 0 Å². The van der Waals surface area contributed by atoms with E-state index in [1.807, 2.05) is 20.9 Å². The Labute approximate surface area is 251 Å². The smallest absolute Gasteiger partial charge is 0.236 e. The van der Waals surface area contributed by atoms with Gasteiger partial charge in [0, 0.05) is 40.9 Å². The van der Waals surface area contributed by atoms with E-state index in [2.05, 4.69) is 33.8 Å². The molecule has 11 nitrogen and oxygen atoms in total. The molecule has 2 bridgehead atoms. The molecule has 1 amide bonds. The van der Waals surface area contributed by atoms with Crippen LogP contribution < -0.4 is 30.0 Å². The molecular formula is C32H39N5O6. The Kier molecular flexibility index (Phi) is 7.40. The Morgan fingerprint density at radius 3 is 2.70 bits per heavy atom. The molecule has 2 aromatic carbocycles. The van der Waals surface area contributed by atoms with Crippen LogP contribution in [0.25, 0.3) is 0 Å². The van der Waals surface area contributed by atoms with E-state index in [4.69, 9.17) is 24.7 Å². The first-order chi connectivity index (χ1) is 20.6. The normalized spacial score (nSPS) is 25.9. The van der Waals surface area contributed by atoms with Crippen LogP contribution in [0.2, 0.25) is 0 Å². The lowest BCUT2D eigenvalue weighted by molar-refractivity contribution is -0.123. The van der Waals surface area contributed by atoms with Gasteiger partial charge in [0.05, 0.1) is 31.3 Å². The van der Waals surface area contributed by atoms with Crippen LogP contribution in [0.5, 0.6) is 28.7 Å². The van der Waals surface area contributed by atoms with E-state index in [0.717, 1.165) is 33.4 Å². The summed E-state index contributed by atoms with van der Waals surface area (Å²) in [5.41, 5.74) is 11.2. The molecule has 6 atom stereocenters. The average molecular weight is 590 g/mol. The third-order valence-corrected chi connectivity index (χ3v) is 9.49. The van der Waals surface area contributed by atoms with E-state index in [1.165, 1.54) is 0 Å². The minimum atomic E-state index is -0.702. The Morgan fingerprint density at radius 2 is 2.02 bits per heavy atom. The highest BCUT2D eigenvalue weighted by Crippen LogP contribution is 2.58. The lowest BCUT2D eigenvalue weighted by atomic mass is 9.71. The average Bonchev–Trinajstić information content (AvgIpc) is 3.46. The molecule has 43 heavy (non-hydrogen) atoms. The number of ether oxygens (including phenoxy) is 4. The van der Waals surface area contributed by atoms with Crippen molar-refractivity contribution in [3.05, 3.63) is 52.1 Å². The van der Waals surface area contributed by atoms with E-state index in [-0.39, 0.29) is 43.1 Å². The van der Waals surface area contributed by atoms with Crippen molar-refractivity contribution in [1.29, 1.82) is 5.26 Å². The molecule has 1 unspecified atom stereocenters. The molecular weight excluding hydrogens is 550 g/mol. The number of phenolic OH excluding ortho intramolecular Hbond substituents is 1. The Bertz CT molecular complexity index is 1530. The van der Waals surface area contributed by atoms with E-state index < -0.39 is 18.1 Å². The van der Waals surface area contributed by atoms with Gasteiger partial charge in [0.15, 0.2) is 23.0 Å². The number of hydrogen-bond acceptors (Lipinski definition) is 10. The number of piperazine rings is 1. The summed E-state index contributed by atoms with van der Waals surface area (Å²) in [5.74, 6) is 2.18. The van der Waals surface area contributed by atoms with Crippen molar-refractivity contribution in [1.82, 2.24) is 15.1 Å². The summed E-state index contributed by atoms with van der Waals surface area (Å²) >= 11 is 0. The van der Waals surface area contributed by atoms with Gasteiger partial charge in [-0.15, -0.1) is 0 Å². The number of methoxy groups -OCH3 is 1. The molecule has 4 heterocycles. The molecule has 11 heteroatoms. The van der Waals surface area contributed by atoms with Crippen molar-refractivity contribution in [3.8, 4) is 34.8 Å². The maximum absolute atomic E-state index is 12.8. The van der Waals surface area contributed by atoms with Gasteiger partial charge in [0.2, 0.25) is 12.7 Å². The van der Waals surface area contributed by atoms with Crippen molar-refractivity contribution in [3.63, 3.8) is 0 Å². The molecule has 0 saturated carbocycles. The summed E-state index contributed by atoms with van der Waals surface area (Å²) in [6, 6.07) is 2.30. The lowest BCUT2D eigenvalue weighted by Gasteiger charge is -2.60. The van der Waals surface area contributed by atoms with Gasteiger partial charge in [-0.1, -0.05) is 18.7 Å². The summed E-state index contributed by atoms with van der Waals surface area (Å²) in [4.78, 5) is 17.2. The van der Waals surface area contributed by atoms with E-state index >= 15 is 0 Å². The van der Waals surface area contributed by atoms with Gasteiger partial charge in [-0.05, 0) is 51.8 Å². The molecule has 4 aliphatic rings. The first kappa shape index (κ1) is 29.1. The largest absolute Gasteiger partial charge is 0.504 e. The molecule has 228 valence electrons. The van der Waals surface area contributed by atoms with Crippen LogP contribution in [0, 0.1) is 25.2 Å². The number of carbonyl (C=O) groups is 1. The van der Waals surface area contributed by atoms with Crippen molar-refractivity contribution in [2.45, 2.75) is 69.9 Å². The predicted octanol–water partition coefficient (Wildman–Crippen LogP) is 2.55. The number of carbonyl (C=O) groups excluding carboxylic acids is 1. The molecule has 6 rings (SSSR count). The highest BCUT2D eigenvalue weighted by atomic mass is 16.7. The Hall–Kier alpha value is -3.98. The monoisotopic (exact) mass is 589 g/mol. The number of aryl methyl sites for hydroxylation is 1. The second-order valence-corrected chi connectivity index (χ2v) is 11.9. The fourth-order valence-corrected chi connectivity index (χ4v) is 7.73. The van der Waals surface area contributed by atoms with Gasteiger partial charge in [-0.3, -0.25) is 14.6 Å². The van der Waals surface area contributed by atoms with Crippen LogP contribution in [0.15, 0.2) is 18.7 Å². The van der Waals surface area contributed by atoms with Gasteiger partial charge < -0.3 is 35.1 Å². The minimum Gasteiger partial charge on any atom is -0.504 e. The lowest BCUT2D eigenvalue weighted by Crippen LogP contribution is -2.68. The summed E-state index contributed by atoms with van der Waals surface area (Å²) in [6.07, 6.45) is 2.78. The minimum absolute atomic E-state index is 0.0614. The Morgan fingerprint density at radius 1 is 1.28 bits per heavy atom. The quantitative estimate of drug-likeness (QED) is 0.413. The summed E-state index contributed by atoms with van der Waals surface area (Å²) in [7, 11) is 3.58. The van der Waals surface area contributed by atoms with Crippen LogP contribution in [0.1, 0.15) is 52.4 Å². The number of likely N-dealkylation sites (N-methyl/N-ethyl adjacent to an activating group) is 1. The first-order valence-corrected chi connectivity index (χ1v) is 14.6. The maximum Gasteiger partial charge on any atom is 0.236 e. The Balaban J connectivity index is 1.60. The van der Waals surface area contributed by atoms with Gasteiger partial charge in [-0.2, -0.15) is 5.26 Å². The van der Waals surface area contributed by atoms with Crippen LogP contribution >= 0.6 is 0 Å². The van der Waals surface area contributed by atoms with E-state index in [0.29, 0.717) is 42.4 Å². The second kappa shape index (κ2) is 10.9. The zero-order valence-corrected chi connectivity index (χ0v) is 25.3. The number of rotatable bonds is 7. The fraction of sp³-hybridized carbons (Fsp3) is 0.500. The number of hydrogen-bond donors (Lipinski definition) is 3. The van der Waals surface area contributed by atoms with Gasteiger partial charge in [0.1, 0.15) is 18.4 Å². The zero-order chi connectivity index (χ0) is 30.7. The molecule has 0 aromatic heterocycles. The number of fused-ring (bicyclic) bond motifs is 9. The molecule has 4 aliphatic heterocycles. The number of nitrogens with one attached hydrogen (secondary N) is 1. The molecule has 0 aliphatic carbocycles. The van der Waals surface area contributed by atoms with Crippen LogP contribution in [-0.2, 0) is 17.6 Å². The molecule has 1 saturated heterocycles. The van der Waals surface area contributed by atoms with Crippen LogP contribution in [-0.4, -0.2) is 79.1 Å². The van der Waals surface area contributed by atoms with Crippen molar-refractivity contribution in [2.24, 2.45) is 5.73 Å². The second-order valence-electron chi connectivity index (χ2n) is 11.9. The number of amides is 1. The SMILES string of the molecule is C=CCOc1c(C)c2c(c3c1CC1[C@@H]4c5c(cc(C)c(OC)c5O)C[C@H]([C@H](C#N)N1[C@H]3CNC(=O)[C@H](C)N)N4C)OCO2. The number of aromatic hydroxyl groups is 1. The summed E-state index contributed by atoms with van der Waals surface area (Å²) in [6.45, 7) is 9.89. The van der Waals surface area contributed by atoms with Crippen molar-refractivity contribution >= 4 is 5.91 Å². The number of phenols is 1. The molecule has 0 spiro atoms.